The van der Waals surface area contributed by atoms with Crippen LogP contribution in [0.2, 0.25) is 0 Å². The van der Waals surface area contributed by atoms with Crippen molar-refractivity contribution in [3.8, 4) is 5.75 Å². The van der Waals surface area contributed by atoms with Crippen molar-refractivity contribution in [2.24, 2.45) is 0 Å². The van der Waals surface area contributed by atoms with Crippen LogP contribution in [-0.2, 0) is 10.0 Å². The highest BCUT2D eigenvalue weighted by molar-refractivity contribution is 7.93. The molecule has 1 heterocycles. The molecule has 1 aliphatic heterocycles. The Morgan fingerprint density at radius 3 is 2.35 bits per heavy atom. The lowest BCUT2D eigenvalue weighted by Crippen LogP contribution is -2.25. The molecule has 1 saturated heterocycles. The van der Waals surface area contributed by atoms with Gasteiger partial charge in [-0.25, -0.2) is 13.2 Å². The van der Waals surface area contributed by atoms with E-state index in [1.807, 2.05) is 6.07 Å². The first-order valence-electron chi connectivity index (χ1n) is 7.19. The number of hydrogen-bond acceptors (Lipinski definition) is 4. The average molecular weight is 332 g/mol. The van der Waals surface area contributed by atoms with Crippen molar-refractivity contribution in [2.45, 2.75) is 6.42 Å². The summed E-state index contributed by atoms with van der Waals surface area (Å²) in [6.45, 7) is 0.491. The van der Waals surface area contributed by atoms with Crippen LogP contribution in [0.1, 0.15) is 6.42 Å². The summed E-state index contributed by atoms with van der Waals surface area (Å²) in [6.07, 6.45) is 0.0314. The van der Waals surface area contributed by atoms with Crippen molar-refractivity contribution in [1.29, 1.82) is 0 Å². The number of nitrogens with one attached hydrogen (secondary N) is 1. The Bertz CT molecular complexity index is 789. The predicted octanol–water partition coefficient (Wildman–Crippen LogP) is 2.84. The number of amides is 1. The third-order valence-corrected chi connectivity index (χ3v) is 5.32. The molecule has 120 valence electrons. The Balaban J connectivity index is 1.65. The third kappa shape index (κ3) is 3.62. The molecule has 7 heteroatoms. The van der Waals surface area contributed by atoms with Gasteiger partial charge in [0.2, 0.25) is 10.0 Å². The molecule has 0 unspecified atom stereocenters. The zero-order chi connectivity index (χ0) is 16.3. The molecule has 1 fully saturated rings. The Morgan fingerprint density at radius 1 is 1.04 bits per heavy atom. The van der Waals surface area contributed by atoms with Gasteiger partial charge in [0.25, 0.3) is 0 Å². The summed E-state index contributed by atoms with van der Waals surface area (Å²) in [5.74, 6) is 0.626. The SMILES string of the molecule is O=C(Nc1ccc(N2CCCS2(=O)=O)cc1)Oc1ccccc1. The van der Waals surface area contributed by atoms with Crippen LogP contribution < -0.4 is 14.4 Å². The standard InChI is InChI=1S/C16H16N2O4S/c19-16(22-15-5-2-1-3-6-15)17-13-7-9-14(10-8-13)18-11-4-12-23(18,20)21/h1-3,5-10H,4,11-12H2,(H,17,19). The van der Waals surface area contributed by atoms with E-state index in [0.717, 1.165) is 0 Å². The zero-order valence-electron chi connectivity index (χ0n) is 12.3. The van der Waals surface area contributed by atoms with Gasteiger partial charge in [0.15, 0.2) is 0 Å². The van der Waals surface area contributed by atoms with Gasteiger partial charge in [0.05, 0.1) is 11.4 Å². The Labute approximate surface area is 134 Å². The minimum atomic E-state index is -3.20. The van der Waals surface area contributed by atoms with Crippen molar-refractivity contribution < 1.29 is 17.9 Å². The molecule has 23 heavy (non-hydrogen) atoms. The molecule has 2 aromatic rings. The summed E-state index contributed by atoms with van der Waals surface area (Å²) >= 11 is 0. The van der Waals surface area contributed by atoms with Crippen LogP contribution in [0, 0.1) is 0 Å². The van der Waals surface area contributed by atoms with Crippen LogP contribution in [-0.4, -0.2) is 26.8 Å². The van der Waals surface area contributed by atoms with Gasteiger partial charge < -0.3 is 4.74 Å². The van der Waals surface area contributed by atoms with Gasteiger partial charge in [0.1, 0.15) is 5.75 Å². The van der Waals surface area contributed by atoms with Crippen molar-refractivity contribution in [2.75, 3.05) is 21.9 Å². The molecule has 1 amide bonds. The lowest BCUT2D eigenvalue weighted by molar-refractivity contribution is 0.215. The second kappa shape index (κ2) is 6.29. The Kier molecular flexibility index (Phi) is 4.20. The van der Waals surface area contributed by atoms with Crippen LogP contribution in [0.4, 0.5) is 16.2 Å². The van der Waals surface area contributed by atoms with Gasteiger partial charge in [-0.15, -0.1) is 0 Å². The Hall–Kier alpha value is -2.54. The maximum Gasteiger partial charge on any atom is 0.417 e. The van der Waals surface area contributed by atoms with Gasteiger partial charge in [-0.2, -0.15) is 0 Å². The summed E-state index contributed by atoms with van der Waals surface area (Å²) in [6, 6.07) is 15.4. The van der Waals surface area contributed by atoms with Crippen LogP contribution in [0.5, 0.6) is 5.75 Å². The highest BCUT2D eigenvalue weighted by atomic mass is 32.2. The molecule has 0 saturated carbocycles. The summed E-state index contributed by atoms with van der Waals surface area (Å²) < 4.78 is 30.2. The smallest absolute Gasteiger partial charge is 0.410 e. The second-order valence-corrected chi connectivity index (χ2v) is 7.13. The fourth-order valence-corrected chi connectivity index (χ4v) is 3.94. The van der Waals surface area contributed by atoms with Crippen LogP contribution in [0.3, 0.4) is 0 Å². The Morgan fingerprint density at radius 2 is 1.74 bits per heavy atom. The molecule has 0 radical (unpaired) electrons. The zero-order valence-corrected chi connectivity index (χ0v) is 13.1. The lowest BCUT2D eigenvalue weighted by atomic mass is 10.3. The van der Waals surface area contributed by atoms with Crippen LogP contribution in [0.25, 0.3) is 0 Å². The number of para-hydroxylation sites is 1. The molecule has 0 atom stereocenters. The van der Waals surface area contributed by atoms with E-state index in [1.165, 1.54) is 4.31 Å². The minimum absolute atomic E-state index is 0.177. The summed E-state index contributed by atoms with van der Waals surface area (Å²) in [5, 5.41) is 2.60. The molecule has 3 rings (SSSR count). The number of rotatable bonds is 3. The monoisotopic (exact) mass is 332 g/mol. The highest BCUT2D eigenvalue weighted by Crippen LogP contribution is 2.25. The normalized spacial score (nSPS) is 16.1. The largest absolute Gasteiger partial charge is 0.417 e. The maximum absolute atomic E-state index is 11.9. The van der Waals surface area contributed by atoms with E-state index in [0.29, 0.717) is 30.1 Å². The lowest BCUT2D eigenvalue weighted by Gasteiger charge is -2.17. The average Bonchev–Trinajstić information content (AvgIpc) is 2.88. The number of carbonyl (C=O) groups excluding carboxylic acids is 1. The molecule has 1 aliphatic rings. The van der Waals surface area contributed by atoms with E-state index < -0.39 is 16.1 Å². The van der Waals surface area contributed by atoms with E-state index in [-0.39, 0.29) is 5.75 Å². The van der Waals surface area contributed by atoms with Crippen molar-refractivity contribution >= 4 is 27.5 Å². The maximum atomic E-state index is 11.9. The molecule has 0 aliphatic carbocycles. The predicted molar refractivity (Wildman–Crippen MR) is 88.3 cm³/mol. The molecule has 1 N–H and O–H groups in total. The fourth-order valence-electron chi connectivity index (χ4n) is 2.38. The number of ether oxygens (including phenoxy) is 1. The fraction of sp³-hybridized carbons (Fsp3) is 0.188. The molecule has 0 aromatic heterocycles. The molecule has 0 bridgehead atoms. The van der Waals surface area contributed by atoms with Crippen molar-refractivity contribution in [3.63, 3.8) is 0 Å². The van der Waals surface area contributed by atoms with E-state index in [2.05, 4.69) is 5.32 Å². The van der Waals surface area contributed by atoms with Crippen molar-refractivity contribution in [1.82, 2.24) is 0 Å². The van der Waals surface area contributed by atoms with Crippen LogP contribution in [0.15, 0.2) is 54.6 Å². The van der Waals surface area contributed by atoms with Crippen molar-refractivity contribution in [3.05, 3.63) is 54.6 Å². The number of benzene rings is 2. The highest BCUT2D eigenvalue weighted by Gasteiger charge is 2.28. The van der Waals surface area contributed by atoms with E-state index in [1.54, 1.807) is 48.5 Å². The second-order valence-electron chi connectivity index (χ2n) is 5.12. The number of carbonyl (C=O) groups is 1. The summed E-state index contributed by atoms with van der Waals surface area (Å²) in [5.41, 5.74) is 1.13. The molecule has 6 nitrogen and oxygen atoms in total. The number of anilines is 2. The first kappa shape index (κ1) is 15.4. The molecular formula is C16H16N2O4S. The number of hydrogen-bond donors (Lipinski definition) is 1. The number of nitrogens with zero attached hydrogens (tertiary/aromatic N) is 1. The minimum Gasteiger partial charge on any atom is -0.410 e. The van der Waals surface area contributed by atoms with Gasteiger partial charge in [0, 0.05) is 12.2 Å². The summed E-state index contributed by atoms with van der Waals surface area (Å²) in [4.78, 5) is 11.8. The van der Waals surface area contributed by atoms with Crippen LogP contribution >= 0.6 is 0 Å². The third-order valence-electron chi connectivity index (χ3n) is 3.45. The first-order chi connectivity index (χ1) is 11.0. The van der Waals surface area contributed by atoms with E-state index >= 15 is 0 Å². The quantitative estimate of drug-likeness (QED) is 0.938. The molecule has 0 spiro atoms. The topological polar surface area (TPSA) is 75.7 Å². The number of sulfonamides is 1. The van der Waals surface area contributed by atoms with E-state index in [4.69, 9.17) is 4.74 Å². The van der Waals surface area contributed by atoms with Gasteiger partial charge in [-0.1, -0.05) is 18.2 Å². The summed E-state index contributed by atoms with van der Waals surface area (Å²) in [7, 11) is -3.20. The molecular weight excluding hydrogens is 316 g/mol. The molecule has 2 aromatic carbocycles. The van der Waals surface area contributed by atoms with E-state index in [9.17, 15) is 13.2 Å². The van der Waals surface area contributed by atoms with Gasteiger partial charge in [-0.05, 0) is 42.8 Å². The van der Waals surface area contributed by atoms with Gasteiger partial charge in [-0.3, -0.25) is 9.62 Å². The van der Waals surface area contributed by atoms with Gasteiger partial charge >= 0.3 is 6.09 Å². The first-order valence-corrected chi connectivity index (χ1v) is 8.80.